The summed E-state index contributed by atoms with van der Waals surface area (Å²) in [4.78, 5) is 22.8. The molecule has 0 bridgehead atoms. The largest absolute Gasteiger partial charge is 0.480 e. The third kappa shape index (κ3) is 4.55. The number of carbonyl (C=O) groups excluding carboxylic acids is 1. The minimum absolute atomic E-state index is 0.0344. The summed E-state index contributed by atoms with van der Waals surface area (Å²) in [5.41, 5.74) is 0.893. The fourth-order valence-corrected chi connectivity index (χ4v) is 1.57. The van der Waals surface area contributed by atoms with Crippen LogP contribution in [-0.4, -0.2) is 43.3 Å². The highest BCUT2D eigenvalue weighted by Crippen LogP contribution is 2.21. The summed E-state index contributed by atoms with van der Waals surface area (Å²) < 4.78 is 10.3. The lowest BCUT2D eigenvalue weighted by molar-refractivity contribution is -0.127. The third-order valence-corrected chi connectivity index (χ3v) is 2.65. The first-order valence-corrected chi connectivity index (χ1v) is 6.23. The Kier molecular flexibility index (Phi) is 5.99. The Morgan fingerprint density at radius 3 is 2.70 bits per heavy atom. The zero-order chi connectivity index (χ0) is 15.1. The van der Waals surface area contributed by atoms with Crippen molar-refractivity contribution < 1.29 is 24.2 Å². The highest BCUT2D eigenvalue weighted by atomic mass is 16.5. The van der Waals surface area contributed by atoms with Gasteiger partial charge in [-0.25, -0.2) is 4.79 Å². The van der Waals surface area contributed by atoms with E-state index >= 15 is 0 Å². The van der Waals surface area contributed by atoms with Crippen molar-refractivity contribution in [3.63, 3.8) is 0 Å². The Bertz CT molecular complexity index is 486. The molecule has 1 aromatic carbocycles. The van der Waals surface area contributed by atoms with Crippen molar-refractivity contribution in [2.45, 2.75) is 20.0 Å². The predicted molar refractivity (Wildman–Crippen MR) is 73.1 cm³/mol. The number of benzene rings is 1. The number of rotatable bonds is 7. The fraction of sp³-hybridized carbons (Fsp3) is 0.429. The van der Waals surface area contributed by atoms with Crippen LogP contribution >= 0.6 is 0 Å². The van der Waals surface area contributed by atoms with Gasteiger partial charge < -0.3 is 19.9 Å². The van der Waals surface area contributed by atoms with E-state index in [-0.39, 0.29) is 17.2 Å². The van der Waals surface area contributed by atoms with Crippen LogP contribution in [-0.2, 0) is 9.53 Å². The van der Waals surface area contributed by atoms with Gasteiger partial charge in [-0.15, -0.1) is 0 Å². The molecule has 0 saturated carbocycles. The minimum Gasteiger partial charge on any atom is -0.480 e. The summed E-state index contributed by atoms with van der Waals surface area (Å²) in [6.07, 6.45) is -0.785. The van der Waals surface area contributed by atoms with E-state index in [0.29, 0.717) is 13.2 Å². The summed E-state index contributed by atoms with van der Waals surface area (Å²) in [5, 5.41) is 11.7. The van der Waals surface area contributed by atoms with Crippen molar-refractivity contribution >= 4 is 11.9 Å². The maximum atomic E-state index is 11.7. The van der Waals surface area contributed by atoms with Crippen molar-refractivity contribution in [3.8, 4) is 5.75 Å². The summed E-state index contributed by atoms with van der Waals surface area (Å²) in [5.74, 6) is -1.22. The first kappa shape index (κ1) is 16.0. The second-order valence-electron chi connectivity index (χ2n) is 4.35. The van der Waals surface area contributed by atoms with E-state index in [1.165, 1.54) is 13.2 Å². The normalized spacial score (nSPS) is 11.8. The molecule has 6 heteroatoms. The average Bonchev–Trinajstić information content (AvgIpc) is 2.38. The van der Waals surface area contributed by atoms with Crippen molar-refractivity contribution in [2.75, 3.05) is 20.3 Å². The molecular weight excluding hydrogens is 262 g/mol. The molecule has 1 aromatic rings. The van der Waals surface area contributed by atoms with Crippen LogP contribution in [0.25, 0.3) is 0 Å². The number of carboxylic acids is 1. The molecule has 2 N–H and O–H groups in total. The van der Waals surface area contributed by atoms with Gasteiger partial charge >= 0.3 is 5.97 Å². The molecule has 0 spiro atoms. The number of carboxylic acid groups (broad SMARTS) is 1. The summed E-state index contributed by atoms with van der Waals surface area (Å²) in [6.45, 7) is 4.17. The Hall–Kier alpha value is -2.08. The van der Waals surface area contributed by atoms with Crippen LogP contribution in [0.4, 0.5) is 0 Å². The highest BCUT2D eigenvalue weighted by molar-refractivity contribution is 5.91. The van der Waals surface area contributed by atoms with Gasteiger partial charge in [0.15, 0.2) is 6.10 Å². The molecule has 20 heavy (non-hydrogen) atoms. The summed E-state index contributed by atoms with van der Waals surface area (Å²) in [7, 11) is 1.54. The minimum atomic E-state index is -1.09. The lowest BCUT2D eigenvalue weighted by Crippen LogP contribution is -2.38. The van der Waals surface area contributed by atoms with Crippen LogP contribution in [0.15, 0.2) is 18.2 Å². The molecule has 1 atom stereocenters. The van der Waals surface area contributed by atoms with Crippen LogP contribution in [0.3, 0.4) is 0 Å². The lowest BCUT2D eigenvalue weighted by Gasteiger charge is -2.16. The Morgan fingerprint density at radius 1 is 1.40 bits per heavy atom. The van der Waals surface area contributed by atoms with Gasteiger partial charge in [0, 0.05) is 13.7 Å². The lowest BCUT2D eigenvalue weighted by atomic mass is 10.1. The Balaban J connectivity index is 2.74. The molecule has 1 rings (SSSR count). The molecule has 0 aliphatic heterocycles. The number of hydrogen-bond donors (Lipinski definition) is 2. The molecule has 6 nitrogen and oxygen atoms in total. The van der Waals surface area contributed by atoms with Gasteiger partial charge in [-0.1, -0.05) is 6.07 Å². The van der Waals surface area contributed by atoms with Crippen LogP contribution in [0.1, 0.15) is 22.8 Å². The number of hydrogen-bond acceptors (Lipinski definition) is 4. The molecule has 0 heterocycles. The number of ether oxygens (including phenoxy) is 2. The number of aryl methyl sites for hydroxylation is 1. The third-order valence-electron chi connectivity index (χ3n) is 2.65. The SMILES string of the molecule is COCCNC(=O)C(C)Oc1cc(C)ccc1C(=O)O. The van der Waals surface area contributed by atoms with Crippen molar-refractivity contribution in [1.29, 1.82) is 0 Å². The predicted octanol–water partition coefficient (Wildman–Crippen LogP) is 1.22. The van der Waals surface area contributed by atoms with Crippen LogP contribution in [0.2, 0.25) is 0 Å². The molecule has 0 radical (unpaired) electrons. The highest BCUT2D eigenvalue weighted by Gasteiger charge is 2.18. The van der Waals surface area contributed by atoms with Crippen LogP contribution < -0.4 is 10.1 Å². The van der Waals surface area contributed by atoms with Gasteiger partial charge in [0.1, 0.15) is 11.3 Å². The molecule has 1 amide bonds. The number of carbonyl (C=O) groups is 2. The van der Waals surface area contributed by atoms with E-state index in [0.717, 1.165) is 5.56 Å². The number of aromatic carboxylic acids is 1. The van der Waals surface area contributed by atoms with Crippen molar-refractivity contribution in [1.82, 2.24) is 5.32 Å². The Labute approximate surface area is 117 Å². The zero-order valence-corrected chi connectivity index (χ0v) is 11.8. The standard InChI is InChI=1S/C14H19NO5/c1-9-4-5-11(14(17)18)12(8-9)20-10(2)13(16)15-6-7-19-3/h4-5,8,10H,6-7H2,1-3H3,(H,15,16)(H,17,18). The van der Waals surface area contributed by atoms with E-state index < -0.39 is 12.1 Å². The van der Waals surface area contributed by atoms with Crippen molar-refractivity contribution in [3.05, 3.63) is 29.3 Å². The smallest absolute Gasteiger partial charge is 0.339 e. The molecule has 0 aromatic heterocycles. The molecule has 0 aliphatic carbocycles. The van der Waals surface area contributed by atoms with E-state index in [4.69, 9.17) is 14.6 Å². The number of amides is 1. The Morgan fingerprint density at radius 2 is 2.10 bits per heavy atom. The second kappa shape index (κ2) is 7.49. The maximum absolute atomic E-state index is 11.7. The first-order valence-electron chi connectivity index (χ1n) is 6.23. The fourth-order valence-electron chi connectivity index (χ4n) is 1.57. The molecular formula is C14H19NO5. The monoisotopic (exact) mass is 281 g/mol. The molecule has 0 saturated heterocycles. The summed E-state index contributed by atoms with van der Waals surface area (Å²) >= 11 is 0. The molecule has 0 fully saturated rings. The molecule has 1 unspecified atom stereocenters. The van der Waals surface area contributed by atoms with Crippen LogP contribution in [0, 0.1) is 6.92 Å². The first-order chi connectivity index (χ1) is 9.45. The summed E-state index contributed by atoms with van der Waals surface area (Å²) in [6, 6.07) is 4.74. The van der Waals surface area contributed by atoms with Crippen LogP contribution in [0.5, 0.6) is 5.75 Å². The molecule has 110 valence electrons. The van der Waals surface area contributed by atoms with Gasteiger partial charge in [-0.05, 0) is 31.5 Å². The van der Waals surface area contributed by atoms with Crippen molar-refractivity contribution in [2.24, 2.45) is 0 Å². The van der Waals surface area contributed by atoms with E-state index in [1.807, 2.05) is 6.92 Å². The molecule has 0 aliphatic rings. The van der Waals surface area contributed by atoms with E-state index in [9.17, 15) is 9.59 Å². The quantitative estimate of drug-likeness (QED) is 0.734. The van der Waals surface area contributed by atoms with Gasteiger partial charge in [0.05, 0.1) is 6.61 Å². The van der Waals surface area contributed by atoms with Gasteiger partial charge in [-0.2, -0.15) is 0 Å². The zero-order valence-electron chi connectivity index (χ0n) is 11.8. The second-order valence-corrected chi connectivity index (χ2v) is 4.35. The van der Waals surface area contributed by atoms with Gasteiger partial charge in [0.25, 0.3) is 5.91 Å². The van der Waals surface area contributed by atoms with Gasteiger partial charge in [0.2, 0.25) is 0 Å². The number of methoxy groups -OCH3 is 1. The number of nitrogens with one attached hydrogen (secondary N) is 1. The van der Waals surface area contributed by atoms with E-state index in [2.05, 4.69) is 5.32 Å². The average molecular weight is 281 g/mol. The van der Waals surface area contributed by atoms with Gasteiger partial charge in [-0.3, -0.25) is 4.79 Å². The maximum Gasteiger partial charge on any atom is 0.339 e. The topological polar surface area (TPSA) is 84.9 Å². The van der Waals surface area contributed by atoms with E-state index in [1.54, 1.807) is 19.1 Å².